The maximum Gasteiger partial charge on any atom is 0.316 e. The number of methoxy groups -OCH3 is 1. The van der Waals surface area contributed by atoms with Crippen molar-refractivity contribution in [1.82, 2.24) is 9.55 Å². The highest BCUT2D eigenvalue weighted by Gasteiger charge is 2.17. The van der Waals surface area contributed by atoms with E-state index in [2.05, 4.69) is 10.3 Å². The second kappa shape index (κ2) is 9.67. The number of halogens is 2. The maximum atomic E-state index is 13.5. The molecule has 3 rings (SSSR count). The van der Waals surface area contributed by atoms with Gasteiger partial charge in [-0.2, -0.15) is 4.98 Å². The Morgan fingerprint density at radius 1 is 1.40 bits per heavy atom. The number of ether oxygens (including phenoxy) is 2. The minimum atomic E-state index is -0.852. The molecule has 160 valence electrons. The van der Waals surface area contributed by atoms with Gasteiger partial charge in [0, 0.05) is 12.2 Å². The molecule has 0 saturated heterocycles. The lowest BCUT2D eigenvalue weighted by molar-refractivity contribution is 0.134. The van der Waals surface area contributed by atoms with Gasteiger partial charge in [-0.25, -0.2) is 8.78 Å². The molecule has 0 spiro atoms. The van der Waals surface area contributed by atoms with Crippen LogP contribution in [0.4, 0.5) is 20.4 Å². The third-order valence-corrected chi connectivity index (χ3v) is 5.03. The molecule has 8 heteroatoms. The molecule has 1 aliphatic heterocycles. The van der Waals surface area contributed by atoms with Crippen molar-refractivity contribution < 1.29 is 18.3 Å². The lowest BCUT2D eigenvalue weighted by Gasteiger charge is -2.17. The monoisotopic (exact) mass is 417 g/mol. The SMILES string of the molecule is COc1cn(CC/C(C)=C/C(F)=C\CF)c(Nc2ccc3c(c2C)COC3)nc1=O. The third kappa shape index (κ3) is 4.94. The Balaban J connectivity index is 1.88. The van der Waals surface area contributed by atoms with Gasteiger partial charge in [0.15, 0.2) is 0 Å². The van der Waals surface area contributed by atoms with E-state index in [4.69, 9.17) is 9.47 Å². The number of hydrogen-bond donors (Lipinski definition) is 1. The van der Waals surface area contributed by atoms with Crippen molar-refractivity contribution in [3.8, 4) is 5.75 Å². The smallest absolute Gasteiger partial charge is 0.316 e. The Bertz CT molecular complexity index is 1040. The molecule has 30 heavy (non-hydrogen) atoms. The normalized spacial score (nSPS) is 14.0. The first-order chi connectivity index (χ1) is 14.4. The van der Waals surface area contributed by atoms with Crippen molar-refractivity contribution in [2.75, 3.05) is 19.1 Å². The van der Waals surface area contributed by atoms with E-state index in [1.54, 1.807) is 17.7 Å². The topological polar surface area (TPSA) is 65.4 Å². The van der Waals surface area contributed by atoms with Gasteiger partial charge in [-0.05, 0) is 55.2 Å². The number of allylic oxidation sites excluding steroid dienone is 4. The van der Waals surface area contributed by atoms with Crippen LogP contribution in [-0.4, -0.2) is 23.3 Å². The molecule has 0 saturated carbocycles. The van der Waals surface area contributed by atoms with Crippen molar-refractivity contribution in [2.45, 2.75) is 40.0 Å². The van der Waals surface area contributed by atoms with Gasteiger partial charge in [0.2, 0.25) is 11.7 Å². The van der Waals surface area contributed by atoms with E-state index in [9.17, 15) is 13.6 Å². The van der Waals surface area contributed by atoms with Crippen molar-refractivity contribution in [3.63, 3.8) is 0 Å². The van der Waals surface area contributed by atoms with Crippen LogP contribution in [0.2, 0.25) is 0 Å². The van der Waals surface area contributed by atoms with Crippen LogP contribution in [0.15, 0.2) is 46.7 Å². The van der Waals surface area contributed by atoms with Gasteiger partial charge in [0.05, 0.1) is 26.5 Å². The van der Waals surface area contributed by atoms with Crippen LogP contribution in [0.3, 0.4) is 0 Å². The largest absolute Gasteiger partial charge is 0.490 e. The Labute approximate surface area is 173 Å². The van der Waals surface area contributed by atoms with E-state index in [1.807, 2.05) is 19.1 Å². The molecule has 0 bridgehead atoms. The summed E-state index contributed by atoms with van der Waals surface area (Å²) in [6, 6.07) is 3.93. The van der Waals surface area contributed by atoms with Crippen molar-refractivity contribution >= 4 is 11.6 Å². The van der Waals surface area contributed by atoms with Gasteiger partial charge >= 0.3 is 5.56 Å². The zero-order valence-electron chi connectivity index (χ0n) is 17.3. The number of anilines is 2. The predicted octanol–water partition coefficient (Wildman–Crippen LogP) is 4.49. The first kappa shape index (κ1) is 21.7. The summed E-state index contributed by atoms with van der Waals surface area (Å²) in [5, 5.41) is 3.23. The van der Waals surface area contributed by atoms with Crippen molar-refractivity contribution in [1.29, 1.82) is 0 Å². The number of aromatic nitrogens is 2. The molecular formula is C22H25F2N3O3. The number of alkyl halides is 1. The molecule has 1 aromatic heterocycles. The van der Waals surface area contributed by atoms with Gasteiger partial charge in [0.25, 0.3) is 0 Å². The van der Waals surface area contributed by atoms with Crippen LogP contribution in [0.1, 0.15) is 30.0 Å². The highest BCUT2D eigenvalue weighted by Crippen LogP contribution is 2.30. The summed E-state index contributed by atoms with van der Waals surface area (Å²) < 4.78 is 38.1. The minimum Gasteiger partial charge on any atom is -0.490 e. The number of fused-ring (bicyclic) bond motifs is 1. The molecule has 6 nitrogen and oxygen atoms in total. The van der Waals surface area contributed by atoms with Crippen molar-refractivity contribution in [3.05, 3.63) is 68.9 Å². The zero-order chi connectivity index (χ0) is 21.7. The average molecular weight is 417 g/mol. The van der Waals surface area contributed by atoms with Crippen LogP contribution < -0.4 is 15.6 Å². The summed E-state index contributed by atoms with van der Waals surface area (Å²) in [5.74, 6) is -0.139. The van der Waals surface area contributed by atoms with E-state index in [-0.39, 0.29) is 5.75 Å². The number of hydrogen-bond acceptors (Lipinski definition) is 5. The fraction of sp³-hybridized carbons (Fsp3) is 0.364. The van der Waals surface area contributed by atoms with Gasteiger partial charge in [-0.3, -0.25) is 4.79 Å². The molecule has 1 N–H and O–H groups in total. The summed E-state index contributed by atoms with van der Waals surface area (Å²) >= 11 is 0. The fourth-order valence-corrected chi connectivity index (χ4v) is 3.29. The highest BCUT2D eigenvalue weighted by molar-refractivity contribution is 5.62. The lowest BCUT2D eigenvalue weighted by atomic mass is 10.0. The fourth-order valence-electron chi connectivity index (χ4n) is 3.29. The Morgan fingerprint density at radius 2 is 2.20 bits per heavy atom. The second-order valence-corrected chi connectivity index (χ2v) is 7.11. The second-order valence-electron chi connectivity index (χ2n) is 7.11. The maximum absolute atomic E-state index is 13.5. The van der Waals surface area contributed by atoms with E-state index in [0.29, 0.717) is 32.1 Å². The quantitative estimate of drug-likeness (QED) is 0.641. The third-order valence-electron chi connectivity index (χ3n) is 5.03. The highest BCUT2D eigenvalue weighted by atomic mass is 19.1. The summed E-state index contributed by atoms with van der Waals surface area (Å²) in [6.07, 6.45) is 4.22. The van der Waals surface area contributed by atoms with E-state index >= 15 is 0 Å². The molecule has 0 aliphatic carbocycles. The summed E-state index contributed by atoms with van der Waals surface area (Å²) in [7, 11) is 1.41. The lowest BCUT2D eigenvalue weighted by Crippen LogP contribution is -2.19. The van der Waals surface area contributed by atoms with Crippen LogP contribution in [0.5, 0.6) is 5.75 Å². The Hall–Kier alpha value is -3.00. The minimum absolute atomic E-state index is 0.116. The molecule has 0 amide bonds. The average Bonchev–Trinajstić information content (AvgIpc) is 3.19. The first-order valence-corrected chi connectivity index (χ1v) is 9.63. The van der Waals surface area contributed by atoms with E-state index < -0.39 is 18.1 Å². The zero-order valence-corrected chi connectivity index (χ0v) is 17.3. The number of rotatable bonds is 8. The molecule has 1 aromatic carbocycles. The van der Waals surface area contributed by atoms with Gasteiger partial charge in [0.1, 0.15) is 12.5 Å². The summed E-state index contributed by atoms with van der Waals surface area (Å²) in [5.41, 5.74) is 4.40. The van der Waals surface area contributed by atoms with E-state index in [0.717, 1.165) is 34.0 Å². The van der Waals surface area contributed by atoms with Gasteiger partial charge in [-0.15, -0.1) is 0 Å². The number of benzene rings is 1. The van der Waals surface area contributed by atoms with Crippen molar-refractivity contribution in [2.24, 2.45) is 0 Å². The number of nitrogens with zero attached hydrogens (tertiary/aromatic N) is 2. The Morgan fingerprint density at radius 3 is 2.93 bits per heavy atom. The van der Waals surface area contributed by atoms with Crippen LogP contribution in [0.25, 0.3) is 0 Å². The standard InChI is InChI=1S/C22H25F2N3O3/c1-14(10-17(24)6-8-23)7-9-27-11-20(29-3)21(28)26-22(27)25-19-5-4-16-12-30-13-18(16)15(19)2/h4-6,10-11H,7-9,12-13H2,1-3H3,(H,25,26,28)/b14-10+,17-6+. The number of aryl methyl sites for hydroxylation is 1. The Kier molecular flexibility index (Phi) is 6.99. The molecule has 0 atom stereocenters. The molecule has 0 fully saturated rings. The predicted molar refractivity (Wildman–Crippen MR) is 112 cm³/mol. The molecule has 2 heterocycles. The molecular weight excluding hydrogens is 392 g/mol. The molecule has 1 aliphatic rings. The van der Waals surface area contributed by atoms with Crippen LogP contribution in [0, 0.1) is 6.92 Å². The van der Waals surface area contributed by atoms with Crippen LogP contribution in [-0.2, 0) is 24.5 Å². The summed E-state index contributed by atoms with van der Waals surface area (Å²) in [6.45, 7) is 4.48. The molecule has 0 radical (unpaired) electrons. The first-order valence-electron chi connectivity index (χ1n) is 9.63. The van der Waals surface area contributed by atoms with Crippen LogP contribution >= 0.6 is 0 Å². The number of nitrogens with one attached hydrogen (secondary N) is 1. The molecule has 0 unspecified atom stereocenters. The van der Waals surface area contributed by atoms with Gasteiger partial charge in [-0.1, -0.05) is 11.6 Å². The molecule has 2 aromatic rings. The van der Waals surface area contributed by atoms with Gasteiger partial charge < -0.3 is 19.4 Å². The van der Waals surface area contributed by atoms with E-state index in [1.165, 1.54) is 13.2 Å². The summed E-state index contributed by atoms with van der Waals surface area (Å²) in [4.78, 5) is 16.4.